The number of halogens is 4. The highest BCUT2D eigenvalue weighted by Crippen LogP contribution is 2.21. The maximum absolute atomic E-state index is 13.0. The molecule has 3 N–H and O–H groups in total. The first-order valence-corrected chi connectivity index (χ1v) is 13.5. The number of carbonyl (C=O) groups excluding carboxylic acids is 2. The van der Waals surface area contributed by atoms with Gasteiger partial charge in [-0.15, -0.1) is 0 Å². The smallest absolute Gasteiger partial charge is 0.475 e. The normalized spacial score (nSPS) is 14.1. The summed E-state index contributed by atoms with van der Waals surface area (Å²) in [5, 5.41) is 10.1. The molecule has 0 bridgehead atoms. The van der Waals surface area contributed by atoms with Crippen molar-refractivity contribution in [3.63, 3.8) is 0 Å². The van der Waals surface area contributed by atoms with Crippen molar-refractivity contribution in [2.75, 3.05) is 24.4 Å². The molecule has 1 aliphatic rings. The molecule has 1 heterocycles. The Morgan fingerprint density at radius 3 is 2.03 bits per heavy atom. The number of carboxylic acids is 1. The fourth-order valence-corrected chi connectivity index (χ4v) is 4.63. The predicted octanol–water partition coefficient (Wildman–Crippen LogP) is 4.03. The molecule has 0 unspecified atom stereocenters. The van der Waals surface area contributed by atoms with E-state index in [2.05, 4.69) is 17.0 Å². The number of hydrogen-bond donors (Lipinski definition) is 3. The Morgan fingerprint density at radius 1 is 1.00 bits per heavy atom. The zero-order valence-corrected chi connectivity index (χ0v) is 21.8. The van der Waals surface area contributed by atoms with Crippen LogP contribution in [0.1, 0.15) is 43.0 Å². The van der Waals surface area contributed by atoms with E-state index >= 15 is 0 Å². The molecule has 0 atom stereocenters. The van der Waals surface area contributed by atoms with Gasteiger partial charge in [-0.2, -0.15) is 13.2 Å². The van der Waals surface area contributed by atoms with Crippen LogP contribution in [0, 0.1) is 11.7 Å². The summed E-state index contributed by atoms with van der Waals surface area (Å²) in [6.45, 7) is 3.77. The first-order chi connectivity index (χ1) is 18.2. The fraction of sp³-hybridized carbons (Fsp3) is 0.400. The minimum absolute atomic E-state index is 0.0549. The zero-order chi connectivity index (χ0) is 29.2. The molecule has 9 nitrogen and oxygen atoms in total. The molecule has 3 rings (SSSR count). The van der Waals surface area contributed by atoms with Gasteiger partial charge in [0.25, 0.3) is 15.9 Å². The number of carbonyl (C=O) groups is 3. The average Bonchev–Trinajstić information content (AvgIpc) is 2.89. The topological polar surface area (TPSA) is 133 Å². The van der Waals surface area contributed by atoms with Gasteiger partial charge in [-0.3, -0.25) is 14.3 Å². The summed E-state index contributed by atoms with van der Waals surface area (Å²) in [7, 11) is -3.86. The molecule has 1 fully saturated rings. The summed E-state index contributed by atoms with van der Waals surface area (Å²) in [6, 6.07) is 10.7. The van der Waals surface area contributed by atoms with Crippen LogP contribution < -0.4 is 10.0 Å². The Morgan fingerprint density at radius 2 is 1.54 bits per heavy atom. The Kier molecular flexibility index (Phi) is 11.3. The van der Waals surface area contributed by atoms with Gasteiger partial charge in [-0.25, -0.2) is 17.6 Å². The number of unbranched alkanes of at least 4 members (excludes halogenated alkanes) is 1. The number of sulfonamides is 1. The Labute approximate surface area is 223 Å². The van der Waals surface area contributed by atoms with E-state index in [1.165, 1.54) is 24.3 Å². The number of anilines is 1. The lowest BCUT2D eigenvalue weighted by Crippen LogP contribution is -2.43. The van der Waals surface area contributed by atoms with Crippen molar-refractivity contribution >= 4 is 33.5 Å². The predicted molar refractivity (Wildman–Crippen MR) is 134 cm³/mol. The third-order valence-corrected chi connectivity index (χ3v) is 7.13. The van der Waals surface area contributed by atoms with Gasteiger partial charge in [-0.1, -0.05) is 13.3 Å². The van der Waals surface area contributed by atoms with E-state index < -0.39 is 28.0 Å². The average molecular weight is 576 g/mol. The Hall–Kier alpha value is -3.68. The van der Waals surface area contributed by atoms with Crippen molar-refractivity contribution in [2.24, 2.45) is 5.92 Å². The molecule has 0 aliphatic carbocycles. The monoisotopic (exact) mass is 575 g/mol. The molecule has 2 aromatic rings. The van der Waals surface area contributed by atoms with E-state index in [1.807, 2.05) is 0 Å². The maximum Gasteiger partial charge on any atom is 0.490 e. The van der Waals surface area contributed by atoms with Gasteiger partial charge in [0.1, 0.15) is 5.82 Å². The van der Waals surface area contributed by atoms with Crippen LogP contribution in [0.25, 0.3) is 0 Å². The Balaban J connectivity index is 0.000000673. The van der Waals surface area contributed by atoms with Crippen LogP contribution in [-0.4, -0.2) is 62.0 Å². The lowest BCUT2D eigenvalue weighted by atomic mass is 9.95. The molecular weight excluding hydrogens is 546 g/mol. The van der Waals surface area contributed by atoms with Crippen LogP contribution in [0.4, 0.5) is 23.2 Å². The number of rotatable bonds is 8. The summed E-state index contributed by atoms with van der Waals surface area (Å²) in [5.74, 6) is -3.44. The first kappa shape index (κ1) is 31.5. The van der Waals surface area contributed by atoms with Crippen molar-refractivity contribution < 1.29 is 45.5 Å². The quantitative estimate of drug-likeness (QED) is 0.322. The van der Waals surface area contributed by atoms with Gasteiger partial charge in [0.05, 0.1) is 4.90 Å². The van der Waals surface area contributed by atoms with Crippen molar-refractivity contribution in [3.8, 4) is 0 Å². The number of benzene rings is 2. The van der Waals surface area contributed by atoms with Crippen molar-refractivity contribution in [2.45, 2.75) is 43.7 Å². The lowest BCUT2D eigenvalue weighted by Gasteiger charge is -2.31. The van der Waals surface area contributed by atoms with Crippen LogP contribution >= 0.6 is 0 Å². The minimum atomic E-state index is -5.08. The van der Waals surface area contributed by atoms with E-state index in [4.69, 9.17) is 9.90 Å². The second-order valence-corrected chi connectivity index (χ2v) is 10.3. The highest BCUT2D eigenvalue weighted by atomic mass is 32.2. The largest absolute Gasteiger partial charge is 0.490 e. The highest BCUT2D eigenvalue weighted by molar-refractivity contribution is 7.92. The summed E-state index contributed by atoms with van der Waals surface area (Å²) >= 11 is 0. The SMILES string of the molecule is CCCCNC(=O)C1CCN(C(=O)c2ccc(NS(=O)(=O)c3ccc(F)cc3)cc2)CC1.O=C(O)C(F)(F)F. The summed E-state index contributed by atoms with van der Waals surface area (Å²) in [5.41, 5.74) is 0.744. The van der Waals surface area contributed by atoms with E-state index in [1.54, 1.807) is 17.0 Å². The fourth-order valence-electron chi connectivity index (χ4n) is 3.57. The maximum atomic E-state index is 13.0. The van der Waals surface area contributed by atoms with E-state index in [9.17, 15) is 35.6 Å². The summed E-state index contributed by atoms with van der Waals surface area (Å²) in [4.78, 5) is 35.5. The highest BCUT2D eigenvalue weighted by Gasteiger charge is 2.38. The molecule has 39 heavy (non-hydrogen) atoms. The molecule has 2 amide bonds. The molecule has 14 heteroatoms. The molecule has 214 valence electrons. The molecule has 0 aromatic heterocycles. The third-order valence-electron chi connectivity index (χ3n) is 5.73. The zero-order valence-electron chi connectivity index (χ0n) is 21.0. The number of nitrogens with one attached hydrogen (secondary N) is 2. The number of aliphatic carboxylic acids is 1. The Bertz CT molecular complexity index is 1230. The van der Waals surface area contributed by atoms with Gasteiger partial charge in [-0.05, 0) is 67.8 Å². The molecule has 1 saturated heterocycles. The molecule has 0 radical (unpaired) electrons. The second kappa shape index (κ2) is 13.9. The number of piperidine rings is 1. The molecular formula is C25H29F4N3O6S. The van der Waals surface area contributed by atoms with E-state index in [0.717, 1.165) is 25.0 Å². The van der Waals surface area contributed by atoms with Crippen LogP contribution in [-0.2, 0) is 19.6 Å². The van der Waals surface area contributed by atoms with Gasteiger partial charge in [0, 0.05) is 36.8 Å². The molecule has 0 saturated carbocycles. The van der Waals surface area contributed by atoms with E-state index in [-0.39, 0.29) is 22.6 Å². The number of hydrogen-bond acceptors (Lipinski definition) is 5. The van der Waals surface area contributed by atoms with Gasteiger partial charge in [0.15, 0.2) is 0 Å². The van der Waals surface area contributed by atoms with Crippen molar-refractivity contribution in [3.05, 3.63) is 59.9 Å². The summed E-state index contributed by atoms with van der Waals surface area (Å²) < 4.78 is 72.0. The van der Waals surface area contributed by atoms with E-state index in [0.29, 0.717) is 43.7 Å². The molecule has 2 aromatic carbocycles. The van der Waals surface area contributed by atoms with Gasteiger partial charge >= 0.3 is 12.1 Å². The van der Waals surface area contributed by atoms with Crippen molar-refractivity contribution in [1.29, 1.82) is 0 Å². The van der Waals surface area contributed by atoms with Crippen LogP contribution in [0.5, 0.6) is 0 Å². The third kappa shape index (κ3) is 9.85. The standard InChI is InChI=1S/C23H28FN3O4S.C2HF3O2/c1-2-3-14-25-22(28)17-12-15-27(16-13-17)23(29)18-4-8-20(9-5-18)26-32(30,31)21-10-6-19(24)7-11-21;3-2(4,5)1(6)7/h4-11,17,26H,2-3,12-16H2,1H3,(H,25,28);(H,6,7). The molecule has 0 spiro atoms. The number of carboxylic acid groups (broad SMARTS) is 1. The van der Waals surface area contributed by atoms with Crippen LogP contribution in [0.2, 0.25) is 0 Å². The first-order valence-electron chi connectivity index (χ1n) is 12.0. The van der Waals surface area contributed by atoms with Gasteiger partial charge in [0.2, 0.25) is 5.91 Å². The van der Waals surface area contributed by atoms with Crippen LogP contribution in [0.3, 0.4) is 0 Å². The number of likely N-dealkylation sites (tertiary alicyclic amines) is 1. The number of amides is 2. The van der Waals surface area contributed by atoms with Gasteiger partial charge < -0.3 is 15.3 Å². The minimum Gasteiger partial charge on any atom is -0.475 e. The summed E-state index contributed by atoms with van der Waals surface area (Å²) in [6.07, 6.45) is -1.85. The number of alkyl halides is 3. The molecule has 1 aliphatic heterocycles. The van der Waals surface area contributed by atoms with Crippen molar-refractivity contribution in [1.82, 2.24) is 10.2 Å². The lowest BCUT2D eigenvalue weighted by molar-refractivity contribution is -0.192. The number of nitrogens with zero attached hydrogens (tertiary/aromatic N) is 1. The second-order valence-electron chi connectivity index (χ2n) is 8.65. The van der Waals surface area contributed by atoms with Crippen LogP contribution in [0.15, 0.2) is 53.4 Å².